The predicted octanol–water partition coefficient (Wildman–Crippen LogP) is 3.32. The molecule has 0 aliphatic rings. The van der Waals surface area contributed by atoms with Gasteiger partial charge in [0, 0.05) is 32.7 Å². The molecule has 1 rings (SSSR count). The first-order chi connectivity index (χ1) is 12.1. The normalized spacial score (nSPS) is 11.5. The zero-order chi connectivity index (χ0) is 18.5. The Morgan fingerprint density at radius 1 is 1.12 bits per heavy atom. The SMILES string of the molecule is CN=C(NCCCCCCC(C)C)NCc1cccc(C(=O)NC)c1. The van der Waals surface area contributed by atoms with Gasteiger partial charge >= 0.3 is 0 Å². The van der Waals surface area contributed by atoms with Gasteiger partial charge in [0.25, 0.3) is 5.91 Å². The van der Waals surface area contributed by atoms with Crippen molar-refractivity contribution in [3.63, 3.8) is 0 Å². The lowest BCUT2D eigenvalue weighted by Crippen LogP contribution is -2.37. The van der Waals surface area contributed by atoms with E-state index in [1.54, 1.807) is 14.1 Å². The maximum absolute atomic E-state index is 11.7. The van der Waals surface area contributed by atoms with E-state index in [4.69, 9.17) is 0 Å². The van der Waals surface area contributed by atoms with Crippen LogP contribution in [0.2, 0.25) is 0 Å². The largest absolute Gasteiger partial charge is 0.356 e. The summed E-state index contributed by atoms with van der Waals surface area (Å²) in [6.07, 6.45) is 6.37. The predicted molar refractivity (Wildman–Crippen MR) is 106 cm³/mol. The van der Waals surface area contributed by atoms with Gasteiger partial charge in [-0.25, -0.2) is 0 Å². The topological polar surface area (TPSA) is 65.5 Å². The molecule has 0 aliphatic carbocycles. The standard InChI is InChI=1S/C20H34N4O/c1-16(2)10-7-5-6-8-13-23-20(22-4)24-15-17-11-9-12-18(14-17)19(25)21-3/h9,11-12,14,16H,5-8,10,13,15H2,1-4H3,(H,21,25)(H2,22,23,24). The van der Waals surface area contributed by atoms with Crippen LogP contribution in [0.25, 0.3) is 0 Å². The van der Waals surface area contributed by atoms with Crippen molar-refractivity contribution in [1.82, 2.24) is 16.0 Å². The lowest BCUT2D eigenvalue weighted by atomic mass is 10.0. The molecule has 0 saturated carbocycles. The number of amides is 1. The monoisotopic (exact) mass is 346 g/mol. The molecule has 5 heteroatoms. The van der Waals surface area contributed by atoms with Crippen LogP contribution in [0.3, 0.4) is 0 Å². The van der Waals surface area contributed by atoms with Crippen molar-refractivity contribution in [3.05, 3.63) is 35.4 Å². The van der Waals surface area contributed by atoms with Gasteiger partial charge in [-0.05, 0) is 30.0 Å². The molecule has 1 aromatic rings. The molecule has 0 aliphatic heterocycles. The highest BCUT2D eigenvalue weighted by molar-refractivity contribution is 5.94. The minimum atomic E-state index is -0.0678. The summed E-state index contributed by atoms with van der Waals surface area (Å²) in [5.74, 6) is 1.54. The van der Waals surface area contributed by atoms with Gasteiger partial charge in [-0.3, -0.25) is 9.79 Å². The summed E-state index contributed by atoms with van der Waals surface area (Å²) >= 11 is 0. The lowest BCUT2D eigenvalue weighted by Gasteiger charge is -2.12. The van der Waals surface area contributed by atoms with Gasteiger partial charge in [0.2, 0.25) is 0 Å². The van der Waals surface area contributed by atoms with Crippen molar-refractivity contribution in [1.29, 1.82) is 0 Å². The van der Waals surface area contributed by atoms with E-state index in [0.29, 0.717) is 12.1 Å². The van der Waals surface area contributed by atoms with E-state index in [0.717, 1.165) is 30.4 Å². The third-order valence-corrected chi connectivity index (χ3v) is 4.10. The number of guanidine groups is 1. The minimum absolute atomic E-state index is 0.0678. The van der Waals surface area contributed by atoms with Gasteiger partial charge in [0.1, 0.15) is 0 Å². The van der Waals surface area contributed by atoms with Crippen LogP contribution in [0.1, 0.15) is 61.9 Å². The van der Waals surface area contributed by atoms with Crippen molar-refractivity contribution in [2.75, 3.05) is 20.6 Å². The van der Waals surface area contributed by atoms with Gasteiger partial charge in [0.05, 0.1) is 0 Å². The van der Waals surface area contributed by atoms with Gasteiger partial charge in [-0.1, -0.05) is 51.7 Å². The van der Waals surface area contributed by atoms with E-state index >= 15 is 0 Å². The highest BCUT2D eigenvalue weighted by Gasteiger charge is 2.04. The molecule has 0 aromatic heterocycles. The number of benzene rings is 1. The lowest BCUT2D eigenvalue weighted by molar-refractivity contribution is 0.0963. The molecule has 1 amide bonds. The van der Waals surface area contributed by atoms with Gasteiger partial charge in [0.15, 0.2) is 5.96 Å². The molecule has 3 N–H and O–H groups in total. The summed E-state index contributed by atoms with van der Waals surface area (Å²) in [6, 6.07) is 7.61. The Morgan fingerprint density at radius 2 is 1.88 bits per heavy atom. The molecule has 0 saturated heterocycles. The third kappa shape index (κ3) is 9.13. The second-order valence-electron chi connectivity index (χ2n) is 6.73. The molecule has 0 bridgehead atoms. The van der Waals surface area contributed by atoms with Crippen LogP contribution in [0.5, 0.6) is 0 Å². The Morgan fingerprint density at radius 3 is 2.56 bits per heavy atom. The quantitative estimate of drug-likeness (QED) is 0.346. The van der Waals surface area contributed by atoms with E-state index in [9.17, 15) is 4.79 Å². The maximum Gasteiger partial charge on any atom is 0.251 e. The number of carbonyl (C=O) groups excluding carboxylic acids is 1. The molecule has 0 radical (unpaired) electrons. The zero-order valence-electron chi connectivity index (χ0n) is 16.2. The summed E-state index contributed by atoms with van der Waals surface area (Å²) in [7, 11) is 3.42. The molecule has 0 heterocycles. The molecule has 0 fully saturated rings. The van der Waals surface area contributed by atoms with Crippen LogP contribution >= 0.6 is 0 Å². The second kappa shape index (κ2) is 12.3. The smallest absolute Gasteiger partial charge is 0.251 e. The Kier molecular flexibility index (Phi) is 10.4. The third-order valence-electron chi connectivity index (χ3n) is 4.10. The number of nitrogens with one attached hydrogen (secondary N) is 3. The second-order valence-corrected chi connectivity index (χ2v) is 6.73. The number of hydrogen-bond donors (Lipinski definition) is 3. The Labute approximate surface area is 152 Å². The fraction of sp³-hybridized carbons (Fsp3) is 0.600. The van der Waals surface area contributed by atoms with E-state index < -0.39 is 0 Å². The fourth-order valence-electron chi connectivity index (χ4n) is 2.61. The summed E-state index contributed by atoms with van der Waals surface area (Å²) in [6.45, 7) is 6.13. The highest BCUT2D eigenvalue weighted by atomic mass is 16.1. The maximum atomic E-state index is 11.7. The molecular weight excluding hydrogens is 312 g/mol. The molecule has 0 atom stereocenters. The number of unbranched alkanes of at least 4 members (excludes halogenated alkanes) is 3. The Balaban J connectivity index is 2.27. The fourth-order valence-corrected chi connectivity index (χ4v) is 2.61. The molecule has 140 valence electrons. The molecule has 0 unspecified atom stereocenters. The highest BCUT2D eigenvalue weighted by Crippen LogP contribution is 2.09. The molecule has 0 spiro atoms. The van der Waals surface area contributed by atoms with Crippen molar-refractivity contribution < 1.29 is 4.79 Å². The van der Waals surface area contributed by atoms with Crippen LogP contribution in [0, 0.1) is 5.92 Å². The first kappa shape index (κ1) is 21.0. The van der Waals surface area contributed by atoms with E-state index in [2.05, 4.69) is 34.8 Å². The average Bonchev–Trinajstić information content (AvgIpc) is 2.62. The Bertz CT molecular complexity index is 540. The molecular formula is C20H34N4O. The number of aliphatic imine (C=N–C) groups is 1. The molecule has 25 heavy (non-hydrogen) atoms. The number of hydrogen-bond acceptors (Lipinski definition) is 2. The van der Waals surface area contributed by atoms with E-state index in [1.165, 1.54) is 25.7 Å². The zero-order valence-corrected chi connectivity index (χ0v) is 16.2. The summed E-state index contributed by atoms with van der Waals surface area (Å²) in [4.78, 5) is 15.9. The van der Waals surface area contributed by atoms with Crippen LogP contribution in [-0.4, -0.2) is 32.5 Å². The van der Waals surface area contributed by atoms with Crippen LogP contribution in [0.15, 0.2) is 29.3 Å². The van der Waals surface area contributed by atoms with Crippen molar-refractivity contribution >= 4 is 11.9 Å². The molecule has 5 nitrogen and oxygen atoms in total. The summed E-state index contributed by atoms with van der Waals surface area (Å²) < 4.78 is 0. The van der Waals surface area contributed by atoms with Gasteiger partial charge in [-0.2, -0.15) is 0 Å². The van der Waals surface area contributed by atoms with Crippen LogP contribution in [-0.2, 0) is 6.54 Å². The van der Waals surface area contributed by atoms with Crippen LogP contribution < -0.4 is 16.0 Å². The average molecular weight is 347 g/mol. The van der Waals surface area contributed by atoms with E-state index in [1.807, 2.05) is 24.3 Å². The van der Waals surface area contributed by atoms with Crippen molar-refractivity contribution in [2.24, 2.45) is 10.9 Å². The summed E-state index contributed by atoms with van der Waals surface area (Å²) in [5.41, 5.74) is 1.73. The number of rotatable bonds is 10. The summed E-state index contributed by atoms with van der Waals surface area (Å²) in [5, 5.41) is 9.29. The van der Waals surface area contributed by atoms with E-state index in [-0.39, 0.29) is 5.91 Å². The van der Waals surface area contributed by atoms with Gasteiger partial charge < -0.3 is 16.0 Å². The first-order valence-electron chi connectivity index (χ1n) is 9.32. The van der Waals surface area contributed by atoms with Crippen molar-refractivity contribution in [3.8, 4) is 0 Å². The minimum Gasteiger partial charge on any atom is -0.356 e. The van der Waals surface area contributed by atoms with Crippen LogP contribution in [0.4, 0.5) is 0 Å². The van der Waals surface area contributed by atoms with Gasteiger partial charge in [-0.15, -0.1) is 0 Å². The Hall–Kier alpha value is -2.04. The number of nitrogens with zero attached hydrogens (tertiary/aromatic N) is 1. The van der Waals surface area contributed by atoms with Crippen molar-refractivity contribution in [2.45, 2.75) is 52.5 Å². The number of carbonyl (C=O) groups is 1. The molecule has 1 aromatic carbocycles. The first-order valence-corrected chi connectivity index (χ1v) is 9.32.